The zero-order chi connectivity index (χ0) is 42.5. The number of imidazole rings is 1. The van der Waals surface area contributed by atoms with Gasteiger partial charge in [0.15, 0.2) is 0 Å². The van der Waals surface area contributed by atoms with E-state index in [4.69, 9.17) is 17.3 Å². The van der Waals surface area contributed by atoms with E-state index in [0.29, 0.717) is 27.8 Å². The van der Waals surface area contributed by atoms with E-state index in [2.05, 4.69) is 0 Å². The van der Waals surface area contributed by atoms with Crippen molar-refractivity contribution in [1.82, 2.24) is 9.55 Å². The molecule has 0 radical (unpaired) electrons. The minimum absolute atomic E-state index is 0.0409. The third kappa shape index (κ3) is 4.62. The summed E-state index contributed by atoms with van der Waals surface area (Å²) in [7, 11) is 0. The lowest BCUT2D eigenvalue weighted by Crippen LogP contribution is -1.98. The fourth-order valence-electron chi connectivity index (χ4n) is 6.28. The largest absolute Gasteiger partial charge is 0.292 e. The molecule has 0 aliphatic carbocycles. The first-order valence-electron chi connectivity index (χ1n) is 21.5. The molecule has 0 bridgehead atoms. The fourth-order valence-corrected chi connectivity index (χ4v) is 6.28. The van der Waals surface area contributed by atoms with E-state index in [1.54, 1.807) is 65.2 Å². The van der Waals surface area contributed by atoms with Crippen LogP contribution in [-0.2, 0) is 0 Å². The van der Waals surface area contributed by atoms with E-state index >= 15 is 0 Å². The van der Waals surface area contributed by atoms with Gasteiger partial charge in [0.1, 0.15) is 5.82 Å². The molecule has 2 nitrogen and oxygen atoms in total. The van der Waals surface area contributed by atoms with E-state index < -0.39 is 66.5 Å². The molecule has 0 N–H and O–H groups in total. The Balaban J connectivity index is 1.42. The Morgan fingerprint density at radius 1 is 0.426 bits per heavy atom. The van der Waals surface area contributed by atoms with Crippen molar-refractivity contribution < 1.29 is 17.8 Å². The number of para-hydroxylation sites is 2. The zero-order valence-corrected chi connectivity index (χ0v) is 24.7. The van der Waals surface area contributed by atoms with E-state index in [-0.39, 0.29) is 56.1 Å². The normalized spacial score (nSPS) is 15.3. The summed E-state index contributed by atoms with van der Waals surface area (Å²) >= 11 is 0. The van der Waals surface area contributed by atoms with Crippen molar-refractivity contribution in [1.29, 1.82) is 0 Å². The van der Waals surface area contributed by atoms with Gasteiger partial charge in [0.2, 0.25) is 0 Å². The first-order valence-corrected chi connectivity index (χ1v) is 15.0. The van der Waals surface area contributed by atoms with Gasteiger partial charge in [0.25, 0.3) is 0 Å². The molecular formula is C45H30N2. The first kappa shape index (κ1) is 16.9. The van der Waals surface area contributed by atoms with Crippen molar-refractivity contribution >= 4 is 32.6 Å². The maximum absolute atomic E-state index is 9.38. The van der Waals surface area contributed by atoms with Gasteiger partial charge < -0.3 is 0 Å². The van der Waals surface area contributed by atoms with Crippen LogP contribution in [0, 0.1) is 0 Å². The fraction of sp³-hybridized carbons (Fsp3) is 0. The highest BCUT2D eigenvalue weighted by Gasteiger charge is 2.19. The summed E-state index contributed by atoms with van der Waals surface area (Å²) < 4.78 is 117. The van der Waals surface area contributed by atoms with Crippen molar-refractivity contribution in [2.45, 2.75) is 0 Å². The van der Waals surface area contributed by atoms with Crippen LogP contribution in [0.5, 0.6) is 0 Å². The molecule has 0 saturated heterocycles. The highest BCUT2D eigenvalue weighted by Crippen LogP contribution is 2.44. The van der Waals surface area contributed by atoms with Gasteiger partial charge in [-0.2, -0.15) is 0 Å². The molecule has 9 rings (SSSR count). The number of rotatable bonds is 5. The van der Waals surface area contributed by atoms with Crippen LogP contribution in [0.15, 0.2) is 182 Å². The van der Waals surface area contributed by atoms with Crippen molar-refractivity contribution in [2.24, 2.45) is 0 Å². The van der Waals surface area contributed by atoms with Crippen LogP contribution in [0.2, 0.25) is 0 Å². The summed E-state index contributed by atoms with van der Waals surface area (Å²) in [6, 6.07) is 24.5. The second-order valence-corrected chi connectivity index (χ2v) is 11.0. The van der Waals surface area contributed by atoms with Gasteiger partial charge in [-0.05, 0) is 79.2 Å². The van der Waals surface area contributed by atoms with Crippen molar-refractivity contribution in [3.05, 3.63) is 182 Å². The highest BCUT2D eigenvalue weighted by molar-refractivity contribution is 6.21. The summed E-state index contributed by atoms with van der Waals surface area (Å²) in [5, 5.41) is 0.219. The highest BCUT2D eigenvalue weighted by atomic mass is 15.1. The lowest BCUT2D eigenvalue weighted by atomic mass is 9.85. The smallest absolute Gasteiger partial charge is 0.145 e. The average molecular weight is 612 g/mol. The minimum Gasteiger partial charge on any atom is -0.292 e. The molecule has 220 valence electrons. The molecule has 0 atom stereocenters. The summed E-state index contributed by atoms with van der Waals surface area (Å²) in [5.41, 5.74) is 4.24. The predicted molar refractivity (Wildman–Crippen MR) is 198 cm³/mol. The van der Waals surface area contributed by atoms with Crippen LogP contribution in [0.4, 0.5) is 0 Å². The van der Waals surface area contributed by atoms with Gasteiger partial charge in [-0.3, -0.25) is 4.57 Å². The van der Waals surface area contributed by atoms with E-state index in [1.165, 1.54) is 0 Å². The molecule has 1 heterocycles. The summed E-state index contributed by atoms with van der Waals surface area (Å²) in [5.74, 6) is 0.0539. The van der Waals surface area contributed by atoms with Crippen molar-refractivity contribution in [3.8, 4) is 50.5 Å². The van der Waals surface area contributed by atoms with Gasteiger partial charge in [-0.1, -0.05) is 157 Å². The number of nitrogens with zero attached hydrogens (tertiary/aromatic N) is 2. The molecule has 0 aliphatic heterocycles. The standard InChI is InChI=1S/C45H30N2/c1-3-14-31(15-4-1)32-26-28-33(29-27-32)43-37-20-7-9-22-39(37)44(40-23-10-8-21-38(40)43)35-18-13-19-36(30-35)47-42-25-12-11-24-41(42)46-45(47)34-16-5-2-6-17-34/h1-30H/i2D,5D,6D,7D,8D,9D,10D,16D,17D,20D,21D,22D,23D. The van der Waals surface area contributed by atoms with Crippen LogP contribution >= 0.6 is 0 Å². The quantitative estimate of drug-likeness (QED) is 0.177. The molecule has 1 aromatic heterocycles. The van der Waals surface area contributed by atoms with E-state index in [1.807, 2.05) is 42.5 Å². The Morgan fingerprint density at radius 2 is 0.957 bits per heavy atom. The van der Waals surface area contributed by atoms with Gasteiger partial charge in [-0.25, -0.2) is 4.98 Å². The van der Waals surface area contributed by atoms with Crippen molar-refractivity contribution in [2.75, 3.05) is 0 Å². The molecule has 0 unspecified atom stereocenters. The molecular weight excluding hydrogens is 569 g/mol. The second kappa shape index (κ2) is 11.3. The molecule has 0 spiro atoms. The Bertz CT molecular complexity index is 3180. The van der Waals surface area contributed by atoms with Crippen LogP contribution in [0.1, 0.15) is 17.8 Å². The number of hydrogen-bond acceptors (Lipinski definition) is 1. The van der Waals surface area contributed by atoms with E-state index in [0.717, 1.165) is 11.1 Å². The van der Waals surface area contributed by atoms with Crippen LogP contribution in [0.25, 0.3) is 83.0 Å². The van der Waals surface area contributed by atoms with Gasteiger partial charge in [-0.15, -0.1) is 0 Å². The number of aromatic nitrogens is 2. The van der Waals surface area contributed by atoms with Crippen LogP contribution in [0.3, 0.4) is 0 Å². The molecule has 0 saturated carbocycles. The van der Waals surface area contributed by atoms with E-state index in [9.17, 15) is 5.48 Å². The monoisotopic (exact) mass is 611 g/mol. The maximum atomic E-state index is 9.38. The Labute approximate surface area is 292 Å². The van der Waals surface area contributed by atoms with Gasteiger partial charge in [0.05, 0.1) is 28.9 Å². The SMILES string of the molecule is [2H]c1c([2H])c([2H])c(-c2nc3ccccc3n2-c2cccc(-c3c4c([2H])c([2H])c([2H])c([2H])c4c(-c4ccc(-c5ccccc5)cc4)c4c([2H])c([2H])c([2H])c([2H])c34)c2)c([2H])c1[2H]. The number of fused-ring (bicyclic) bond motifs is 3. The topological polar surface area (TPSA) is 17.8 Å². The van der Waals surface area contributed by atoms with Gasteiger partial charge in [0, 0.05) is 11.3 Å². The zero-order valence-electron chi connectivity index (χ0n) is 37.7. The molecule has 0 aliphatic rings. The average Bonchev–Trinajstić information content (AvgIpc) is 3.65. The van der Waals surface area contributed by atoms with Gasteiger partial charge >= 0.3 is 0 Å². The molecule has 0 amide bonds. The lowest BCUT2D eigenvalue weighted by Gasteiger charge is -2.19. The Morgan fingerprint density at radius 3 is 1.64 bits per heavy atom. The first-order chi connectivity index (χ1) is 28.7. The summed E-state index contributed by atoms with van der Waals surface area (Å²) in [6.45, 7) is 0. The summed E-state index contributed by atoms with van der Waals surface area (Å²) in [4.78, 5) is 4.75. The number of benzene rings is 8. The van der Waals surface area contributed by atoms with Crippen LogP contribution < -0.4 is 0 Å². The molecule has 8 aromatic carbocycles. The second-order valence-electron chi connectivity index (χ2n) is 11.0. The molecule has 0 fully saturated rings. The Kier molecular flexibility index (Phi) is 4.05. The molecule has 2 heteroatoms. The van der Waals surface area contributed by atoms with Crippen LogP contribution in [-0.4, -0.2) is 9.55 Å². The molecule has 47 heavy (non-hydrogen) atoms. The maximum Gasteiger partial charge on any atom is 0.145 e. The third-order valence-corrected chi connectivity index (χ3v) is 8.33. The third-order valence-electron chi connectivity index (χ3n) is 8.33. The van der Waals surface area contributed by atoms with Crippen molar-refractivity contribution in [3.63, 3.8) is 0 Å². The number of hydrogen-bond donors (Lipinski definition) is 0. The Hall–Kier alpha value is -6.25. The molecule has 9 aromatic rings. The minimum atomic E-state index is -0.554. The lowest BCUT2D eigenvalue weighted by molar-refractivity contribution is 1.10. The summed E-state index contributed by atoms with van der Waals surface area (Å²) in [6.07, 6.45) is 0. The predicted octanol–water partition coefficient (Wildman–Crippen LogP) is 12.0.